The van der Waals surface area contributed by atoms with Crippen molar-refractivity contribution in [2.24, 2.45) is 0 Å². The molecule has 142 valence electrons. The lowest BCUT2D eigenvalue weighted by atomic mass is 10.1. The van der Waals surface area contributed by atoms with Crippen LogP contribution in [-0.4, -0.2) is 86.4 Å². The third-order valence-corrected chi connectivity index (χ3v) is 3.02. The molecule has 1 aromatic rings. The Labute approximate surface area is 145 Å². The molecular weight excluding hydrogens is 334 g/mol. The van der Waals surface area contributed by atoms with Gasteiger partial charge in [0, 0.05) is 25.4 Å². The van der Waals surface area contributed by atoms with Gasteiger partial charge in [-0.1, -0.05) is 0 Å². The van der Waals surface area contributed by atoms with Gasteiger partial charge in [0.15, 0.2) is 0 Å². The summed E-state index contributed by atoms with van der Waals surface area (Å²) in [6.45, 7) is 2.24. The molecule has 10 nitrogen and oxygen atoms in total. The molecule has 25 heavy (non-hydrogen) atoms. The number of amides is 1. The molecule has 3 N–H and O–H groups in total. The van der Waals surface area contributed by atoms with E-state index in [1.54, 1.807) is 7.11 Å². The van der Waals surface area contributed by atoms with Gasteiger partial charge in [0.25, 0.3) is 0 Å². The monoisotopic (exact) mass is 359 g/mol. The van der Waals surface area contributed by atoms with Gasteiger partial charge in [-0.3, -0.25) is 4.79 Å². The summed E-state index contributed by atoms with van der Waals surface area (Å²) in [6, 6.07) is -1.04. The van der Waals surface area contributed by atoms with Crippen LogP contribution in [0.2, 0.25) is 0 Å². The van der Waals surface area contributed by atoms with Gasteiger partial charge in [0.05, 0.1) is 46.0 Å². The van der Waals surface area contributed by atoms with Crippen LogP contribution < -0.4 is 5.32 Å². The predicted octanol–water partition coefficient (Wildman–Crippen LogP) is -0.782. The Hall–Kier alpha value is -2.01. The number of carbonyl (C=O) groups excluding carboxylic acids is 1. The molecule has 1 heterocycles. The Bertz CT molecular complexity index is 481. The van der Waals surface area contributed by atoms with Gasteiger partial charge in [-0.25, -0.2) is 9.78 Å². The normalized spacial score (nSPS) is 12.0. The molecule has 0 aliphatic carbocycles. The number of imidazole rings is 1. The number of nitrogens with one attached hydrogen (secondary N) is 2. The minimum Gasteiger partial charge on any atom is -0.480 e. The molecule has 1 amide bonds. The summed E-state index contributed by atoms with van der Waals surface area (Å²) in [6.07, 6.45) is 3.07. The maximum Gasteiger partial charge on any atom is 0.326 e. The van der Waals surface area contributed by atoms with E-state index in [0.717, 1.165) is 0 Å². The third-order valence-electron chi connectivity index (χ3n) is 3.02. The number of hydrogen-bond donors (Lipinski definition) is 3. The summed E-state index contributed by atoms with van der Waals surface area (Å²) in [5, 5.41) is 11.5. The molecular formula is C15H25N3O7. The maximum atomic E-state index is 11.7. The van der Waals surface area contributed by atoms with E-state index in [2.05, 4.69) is 15.3 Å². The molecule has 0 saturated carbocycles. The lowest BCUT2D eigenvalue weighted by molar-refractivity contribution is -0.142. The highest BCUT2D eigenvalue weighted by atomic mass is 16.6. The van der Waals surface area contributed by atoms with Crippen LogP contribution in [0.25, 0.3) is 0 Å². The maximum absolute atomic E-state index is 11.7. The van der Waals surface area contributed by atoms with Crippen LogP contribution in [0.15, 0.2) is 12.5 Å². The highest BCUT2D eigenvalue weighted by Gasteiger charge is 2.20. The van der Waals surface area contributed by atoms with Gasteiger partial charge < -0.3 is 34.4 Å². The average Bonchev–Trinajstić information content (AvgIpc) is 3.09. The second-order valence-corrected chi connectivity index (χ2v) is 5.01. The zero-order valence-corrected chi connectivity index (χ0v) is 14.2. The van der Waals surface area contributed by atoms with Crippen molar-refractivity contribution in [1.29, 1.82) is 0 Å². The first-order valence-electron chi connectivity index (χ1n) is 7.85. The molecule has 0 saturated heterocycles. The number of aliphatic carboxylic acids is 1. The summed E-state index contributed by atoms with van der Waals surface area (Å²) in [7, 11) is 1.60. The molecule has 1 rings (SSSR count). The molecule has 0 fully saturated rings. The van der Waals surface area contributed by atoms with Gasteiger partial charge in [0.2, 0.25) is 5.91 Å². The van der Waals surface area contributed by atoms with Crippen LogP contribution in [0, 0.1) is 0 Å². The predicted molar refractivity (Wildman–Crippen MR) is 86.2 cm³/mol. The largest absolute Gasteiger partial charge is 0.480 e. The first-order chi connectivity index (χ1) is 12.1. The van der Waals surface area contributed by atoms with Crippen molar-refractivity contribution in [1.82, 2.24) is 15.3 Å². The molecule has 0 spiro atoms. The average molecular weight is 359 g/mol. The number of H-pyrrole nitrogens is 1. The summed E-state index contributed by atoms with van der Waals surface area (Å²) in [4.78, 5) is 29.5. The molecule has 0 radical (unpaired) electrons. The number of aromatic nitrogens is 2. The van der Waals surface area contributed by atoms with Crippen LogP contribution in [0.4, 0.5) is 0 Å². The number of nitrogens with zero attached hydrogens (tertiary/aromatic N) is 1. The van der Waals surface area contributed by atoms with Crippen LogP contribution in [-0.2, 0) is 35.0 Å². The van der Waals surface area contributed by atoms with E-state index in [1.807, 2.05) is 0 Å². The Morgan fingerprint density at radius 2 is 1.80 bits per heavy atom. The second-order valence-electron chi connectivity index (χ2n) is 5.01. The fourth-order valence-electron chi connectivity index (χ4n) is 1.80. The molecule has 1 unspecified atom stereocenters. The number of aromatic amines is 1. The first-order valence-corrected chi connectivity index (χ1v) is 7.85. The molecule has 1 aromatic heterocycles. The number of rotatable bonds is 15. The quantitative estimate of drug-likeness (QED) is 0.347. The second kappa shape index (κ2) is 13.3. The molecule has 1 atom stereocenters. The van der Waals surface area contributed by atoms with Crippen molar-refractivity contribution in [2.45, 2.75) is 12.5 Å². The van der Waals surface area contributed by atoms with E-state index in [-0.39, 0.29) is 19.6 Å². The number of hydrogen-bond acceptors (Lipinski definition) is 7. The fourth-order valence-corrected chi connectivity index (χ4v) is 1.80. The number of methoxy groups -OCH3 is 1. The number of carbonyl (C=O) groups is 2. The molecule has 0 aromatic carbocycles. The highest BCUT2D eigenvalue weighted by Crippen LogP contribution is 1.99. The Kier molecular flexibility index (Phi) is 11.2. The van der Waals surface area contributed by atoms with E-state index in [0.29, 0.717) is 38.7 Å². The minimum absolute atomic E-state index is 0.118. The van der Waals surface area contributed by atoms with Gasteiger partial charge in [0.1, 0.15) is 12.6 Å². The standard InChI is InChI=1S/C15H25N3O7/c1-22-2-3-23-4-5-24-6-7-25-10-14(19)18-13(15(20)21)8-12-9-16-11-17-12/h9,11,13H,2-8,10H2,1H3,(H,16,17)(H,18,19)(H,20,21). The zero-order chi connectivity index (χ0) is 18.3. The van der Waals surface area contributed by atoms with Crippen LogP contribution in [0.3, 0.4) is 0 Å². The zero-order valence-electron chi connectivity index (χ0n) is 14.2. The summed E-state index contributed by atoms with van der Waals surface area (Å²) < 4.78 is 20.4. The van der Waals surface area contributed by atoms with E-state index in [9.17, 15) is 9.59 Å². The fraction of sp³-hybridized carbons (Fsp3) is 0.667. The van der Waals surface area contributed by atoms with E-state index >= 15 is 0 Å². The van der Waals surface area contributed by atoms with Crippen molar-refractivity contribution in [3.8, 4) is 0 Å². The molecule has 0 aliphatic rings. The topological polar surface area (TPSA) is 132 Å². The van der Waals surface area contributed by atoms with Crippen LogP contribution in [0.1, 0.15) is 5.69 Å². The SMILES string of the molecule is COCCOCCOCCOCC(=O)NC(Cc1cnc[nH]1)C(=O)O. The van der Waals surface area contributed by atoms with E-state index < -0.39 is 17.9 Å². The van der Waals surface area contributed by atoms with Crippen molar-refractivity contribution in [3.63, 3.8) is 0 Å². The summed E-state index contributed by atoms with van der Waals surface area (Å²) in [5.41, 5.74) is 0.620. The van der Waals surface area contributed by atoms with Crippen LogP contribution in [0.5, 0.6) is 0 Å². The Balaban J connectivity index is 2.06. The van der Waals surface area contributed by atoms with Gasteiger partial charge in [-0.2, -0.15) is 0 Å². The van der Waals surface area contributed by atoms with Crippen molar-refractivity contribution >= 4 is 11.9 Å². The van der Waals surface area contributed by atoms with E-state index in [4.69, 9.17) is 24.1 Å². The van der Waals surface area contributed by atoms with Crippen molar-refractivity contribution in [2.75, 3.05) is 53.4 Å². The molecule has 0 aliphatic heterocycles. The smallest absolute Gasteiger partial charge is 0.326 e. The number of carboxylic acid groups (broad SMARTS) is 1. The Morgan fingerprint density at radius 3 is 2.36 bits per heavy atom. The lowest BCUT2D eigenvalue weighted by Gasteiger charge is -2.13. The third kappa shape index (κ3) is 10.5. The highest BCUT2D eigenvalue weighted by molar-refractivity contribution is 5.84. The lowest BCUT2D eigenvalue weighted by Crippen LogP contribution is -2.44. The number of carboxylic acids is 1. The van der Waals surface area contributed by atoms with Gasteiger partial charge >= 0.3 is 5.97 Å². The molecule has 10 heteroatoms. The van der Waals surface area contributed by atoms with Gasteiger partial charge in [-0.15, -0.1) is 0 Å². The van der Waals surface area contributed by atoms with Gasteiger partial charge in [-0.05, 0) is 0 Å². The van der Waals surface area contributed by atoms with Crippen molar-refractivity contribution in [3.05, 3.63) is 18.2 Å². The summed E-state index contributed by atoms with van der Waals surface area (Å²) >= 11 is 0. The molecule has 0 bridgehead atoms. The minimum atomic E-state index is -1.13. The summed E-state index contributed by atoms with van der Waals surface area (Å²) in [5.74, 6) is -1.63. The Morgan fingerprint density at radius 1 is 1.16 bits per heavy atom. The van der Waals surface area contributed by atoms with Crippen LogP contribution >= 0.6 is 0 Å². The number of ether oxygens (including phenoxy) is 4. The van der Waals surface area contributed by atoms with Crippen molar-refractivity contribution < 1.29 is 33.6 Å². The first kappa shape index (κ1) is 21.0. The van der Waals surface area contributed by atoms with E-state index in [1.165, 1.54) is 12.5 Å².